The number of imidazole rings is 1. The molecule has 0 aliphatic carbocycles. The van der Waals surface area contributed by atoms with Crippen molar-refractivity contribution in [3.8, 4) is 11.5 Å². The van der Waals surface area contributed by atoms with E-state index < -0.39 is 0 Å². The van der Waals surface area contributed by atoms with Crippen LogP contribution in [0.25, 0.3) is 10.2 Å². The van der Waals surface area contributed by atoms with E-state index in [4.69, 9.17) is 14.5 Å². The van der Waals surface area contributed by atoms with E-state index in [2.05, 4.69) is 18.8 Å². The monoisotopic (exact) mass is 464 g/mol. The lowest BCUT2D eigenvalue weighted by Crippen LogP contribution is -2.36. The molecule has 0 aliphatic rings. The third-order valence-electron chi connectivity index (χ3n) is 5.38. The molecule has 8 heteroatoms. The van der Waals surface area contributed by atoms with Crippen LogP contribution in [0.1, 0.15) is 31.7 Å². The lowest BCUT2D eigenvalue weighted by atomic mass is 10.0. The van der Waals surface area contributed by atoms with Crippen molar-refractivity contribution in [3.05, 3.63) is 66.7 Å². The standard InChI is InChI=1S/C25H28N4O3S/c1-18(2)19-5-7-20(8-6-19)32-16-24(30)29(13-4-12-28-14-11-26-17-28)25-27-22-10-9-21(31-3)15-23(22)33-25/h5-11,14-15,17-18H,4,12-13,16H2,1-3H3. The Morgan fingerprint density at radius 2 is 1.94 bits per heavy atom. The van der Waals surface area contributed by atoms with Gasteiger partial charge in [0, 0.05) is 25.5 Å². The summed E-state index contributed by atoms with van der Waals surface area (Å²) in [5, 5.41) is 0.660. The third-order valence-corrected chi connectivity index (χ3v) is 6.42. The number of aryl methyl sites for hydroxylation is 1. The zero-order valence-corrected chi connectivity index (χ0v) is 19.9. The van der Waals surface area contributed by atoms with Gasteiger partial charge in [-0.15, -0.1) is 0 Å². The van der Waals surface area contributed by atoms with Gasteiger partial charge < -0.3 is 14.0 Å². The van der Waals surface area contributed by atoms with E-state index in [9.17, 15) is 4.79 Å². The maximum absolute atomic E-state index is 13.2. The van der Waals surface area contributed by atoms with Crippen molar-refractivity contribution in [2.24, 2.45) is 0 Å². The summed E-state index contributed by atoms with van der Waals surface area (Å²) in [6, 6.07) is 13.6. The smallest absolute Gasteiger partial charge is 0.266 e. The van der Waals surface area contributed by atoms with E-state index in [1.807, 2.05) is 53.2 Å². The van der Waals surface area contributed by atoms with Gasteiger partial charge in [-0.25, -0.2) is 9.97 Å². The quantitative estimate of drug-likeness (QED) is 0.326. The van der Waals surface area contributed by atoms with Crippen molar-refractivity contribution < 1.29 is 14.3 Å². The Hall–Kier alpha value is -3.39. The van der Waals surface area contributed by atoms with Crippen LogP contribution in [0.3, 0.4) is 0 Å². The molecule has 1 amide bonds. The fraction of sp³-hybridized carbons (Fsp3) is 0.320. The van der Waals surface area contributed by atoms with Crippen LogP contribution in [-0.2, 0) is 11.3 Å². The lowest BCUT2D eigenvalue weighted by molar-refractivity contribution is -0.120. The number of benzene rings is 2. The Morgan fingerprint density at radius 3 is 2.64 bits per heavy atom. The molecule has 33 heavy (non-hydrogen) atoms. The topological polar surface area (TPSA) is 69.5 Å². The first-order chi connectivity index (χ1) is 16.0. The van der Waals surface area contributed by atoms with Crippen molar-refractivity contribution in [1.29, 1.82) is 0 Å². The molecule has 0 saturated carbocycles. The molecule has 4 rings (SSSR count). The number of aromatic nitrogens is 3. The number of anilines is 1. The van der Waals surface area contributed by atoms with Crippen LogP contribution < -0.4 is 14.4 Å². The maximum Gasteiger partial charge on any atom is 0.266 e. The molecule has 0 fully saturated rings. The van der Waals surface area contributed by atoms with Crippen molar-refractivity contribution >= 4 is 32.6 Å². The van der Waals surface area contributed by atoms with Crippen LogP contribution in [-0.4, -0.2) is 40.7 Å². The molecule has 2 aromatic carbocycles. The normalized spacial score (nSPS) is 11.2. The first kappa shape index (κ1) is 22.8. The number of fused-ring (bicyclic) bond motifs is 1. The summed E-state index contributed by atoms with van der Waals surface area (Å²) in [6.07, 6.45) is 6.22. The molecule has 0 bridgehead atoms. The van der Waals surface area contributed by atoms with Crippen LogP contribution in [0.5, 0.6) is 11.5 Å². The SMILES string of the molecule is COc1ccc2nc(N(CCCn3ccnc3)C(=O)COc3ccc(C(C)C)cc3)sc2c1. The molecule has 7 nitrogen and oxygen atoms in total. The molecule has 0 aliphatic heterocycles. The molecular weight excluding hydrogens is 436 g/mol. The number of carbonyl (C=O) groups is 1. The number of hydrogen-bond acceptors (Lipinski definition) is 6. The Bertz CT molecular complexity index is 1190. The van der Waals surface area contributed by atoms with Gasteiger partial charge in [0.2, 0.25) is 0 Å². The second kappa shape index (κ2) is 10.5. The predicted molar refractivity (Wildman–Crippen MR) is 131 cm³/mol. The summed E-state index contributed by atoms with van der Waals surface area (Å²) >= 11 is 1.48. The van der Waals surface area contributed by atoms with Gasteiger partial charge in [0.1, 0.15) is 11.5 Å². The van der Waals surface area contributed by atoms with E-state index in [-0.39, 0.29) is 12.5 Å². The second-order valence-corrected chi connectivity index (χ2v) is 9.05. The Labute approximate surface area is 197 Å². The van der Waals surface area contributed by atoms with Gasteiger partial charge >= 0.3 is 0 Å². The number of methoxy groups -OCH3 is 1. The highest BCUT2D eigenvalue weighted by Crippen LogP contribution is 2.32. The van der Waals surface area contributed by atoms with Gasteiger partial charge in [0.15, 0.2) is 11.7 Å². The van der Waals surface area contributed by atoms with Gasteiger partial charge in [-0.1, -0.05) is 37.3 Å². The molecule has 0 radical (unpaired) electrons. The van der Waals surface area contributed by atoms with Crippen LogP contribution in [0.4, 0.5) is 5.13 Å². The molecule has 2 heterocycles. The van der Waals surface area contributed by atoms with Crippen LogP contribution in [0, 0.1) is 0 Å². The Morgan fingerprint density at radius 1 is 1.15 bits per heavy atom. The minimum Gasteiger partial charge on any atom is -0.497 e. The zero-order chi connectivity index (χ0) is 23.2. The fourth-order valence-electron chi connectivity index (χ4n) is 3.46. The molecular formula is C25H28N4O3S. The number of rotatable bonds is 10. The summed E-state index contributed by atoms with van der Waals surface area (Å²) in [7, 11) is 1.64. The van der Waals surface area contributed by atoms with Crippen molar-refractivity contribution in [3.63, 3.8) is 0 Å². The molecule has 0 atom stereocenters. The number of ether oxygens (including phenoxy) is 2. The largest absolute Gasteiger partial charge is 0.497 e. The lowest BCUT2D eigenvalue weighted by Gasteiger charge is -2.20. The predicted octanol–water partition coefficient (Wildman–Crippen LogP) is 5.13. The highest BCUT2D eigenvalue weighted by Gasteiger charge is 2.20. The average molecular weight is 465 g/mol. The molecule has 172 valence electrons. The van der Waals surface area contributed by atoms with Gasteiger partial charge in [-0.3, -0.25) is 9.69 Å². The minimum atomic E-state index is -0.125. The first-order valence-corrected chi connectivity index (χ1v) is 11.8. The van der Waals surface area contributed by atoms with E-state index in [0.29, 0.717) is 23.3 Å². The van der Waals surface area contributed by atoms with Crippen LogP contribution in [0.15, 0.2) is 61.2 Å². The zero-order valence-electron chi connectivity index (χ0n) is 19.1. The highest BCUT2D eigenvalue weighted by molar-refractivity contribution is 7.22. The molecule has 4 aromatic rings. The van der Waals surface area contributed by atoms with Gasteiger partial charge in [-0.2, -0.15) is 0 Å². The van der Waals surface area contributed by atoms with E-state index in [0.717, 1.165) is 28.9 Å². The molecule has 2 aromatic heterocycles. The van der Waals surface area contributed by atoms with Crippen molar-refractivity contribution in [1.82, 2.24) is 14.5 Å². The van der Waals surface area contributed by atoms with Gasteiger partial charge in [0.05, 0.1) is 23.7 Å². The van der Waals surface area contributed by atoms with Crippen LogP contribution >= 0.6 is 11.3 Å². The fourth-order valence-corrected chi connectivity index (χ4v) is 4.50. The first-order valence-electron chi connectivity index (χ1n) is 11.0. The van der Waals surface area contributed by atoms with E-state index >= 15 is 0 Å². The van der Waals surface area contributed by atoms with Crippen molar-refractivity contribution in [2.45, 2.75) is 32.7 Å². The van der Waals surface area contributed by atoms with E-state index in [1.165, 1.54) is 16.9 Å². The van der Waals surface area contributed by atoms with Gasteiger partial charge in [-0.05, 0) is 48.2 Å². The summed E-state index contributed by atoms with van der Waals surface area (Å²) < 4.78 is 14.1. The third kappa shape index (κ3) is 5.70. The molecule has 0 unspecified atom stereocenters. The Balaban J connectivity index is 1.49. The second-order valence-electron chi connectivity index (χ2n) is 8.04. The maximum atomic E-state index is 13.2. The molecule has 0 spiro atoms. The summed E-state index contributed by atoms with van der Waals surface area (Å²) in [5.41, 5.74) is 2.08. The summed E-state index contributed by atoms with van der Waals surface area (Å²) in [6.45, 7) is 5.54. The minimum absolute atomic E-state index is 0.0503. The Kier molecular flexibility index (Phi) is 7.24. The number of thiazole rings is 1. The van der Waals surface area contributed by atoms with E-state index in [1.54, 1.807) is 24.5 Å². The highest BCUT2D eigenvalue weighted by atomic mass is 32.1. The number of amides is 1. The summed E-state index contributed by atoms with van der Waals surface area (Å²) in [4.78, 5) is 23.7. The van der Waals surface area contributed by atoms with Crippen molar-refractivity contribution in [2.75, 3.05) is 25.2 Å². The molecule has 0 N–H and O–H groups in total. The number of nitrogens with zero attached hydrogens (tertiary/aromatic N) is 4. The van der Waals surface area contributed by atoms with Gasteiger partial charge in [0.25, 0.3) is 5.91 Å². The number of carbonyl (C=O) groups excluding carboxylic acids is 1. The van der Waals surface area contributed by atoms with Crippen LogP contribution in [0.2, 0.25) is 0 Å². The summed E-state index contributed by atoms with van der Waals surface area (Å²) in [5.74, 6) is 1.77. The average Bonchev–Trinajstić information content (AvgIpc) is 3.49. The molecule has 0 saturated heterocycles. The number of hydrogen-bond donors (Lipinski definition) is 0.